The van der Waals surface area contributed by atoms with E-state index in [4.69, 9.17) is 4.74 Å². The van der Waals surface area contributed by atoms with Crippen molar-refractivity contribution >= 4 is 17.4 Å². The third-order valence-corrected chi connectivity index (χ3v) is 5.28. The first-order valence-electron chi connectivity index (χ1n) is 10.1. The molecule has 0 radical (unpaired) electrons. The summed E-state index contributed by atoms with van der Waals surface area (Å²) in [6.45, 7) is 5.19. The van der Waals surface area contributed by atoms with Crippen molar-refractivity contribution in [1.82, 2.24) is 9.80 Å². The van der Waals surface area contributed by atoms with Crippen molar-refractivity contribution in [2.45, 2.75) is 12.8 Å². The molecule has 0 aliphatic carbocycles. The molecule has 1 amide bonds. The molecule has 0 bridgehead atoms. The molecule has 1 heterocycles. The van der Waals surface area contributed by atoms with E-state index in [2.05, 4.69) is 22.2 Å². The average molecular weight is 396 g/mol. The third-order valence-electron chi connectivity index (χ3n) is 5.28. The molecule has 0 saturated carbocycles. The van der Waals surface area contributed by atoms with Crippen LogP contribution >= 0.6 is 0 Å². The second-order valence-corrected chi connectivity index (χ2v) is 7.40. The normalized spacial score (nSPS) is 15.1. The van der Waals surface area contributed by atoms with Gasteiger partial charge in [0.2, 0.25) is 0 Å². The minimum absolute atomic E-state index is 0.0562. The van der Waals surface area contributed by atoms with E-state index >= 15 is 0 Å². The highest BCUT2D eigenvalue weighted by Gasteiger charge is 2.16. The van der Waals surface area contributed by atoms with Crippen molar-refractivity contribution in [3.05, 3.63) is 59.7 Å². The topological polar surface area (TPSA) is 61.9 Å². The van der Waals surface area contributed by atoms with E-state index in [9.17, 15) is 9.59 Å². The molecule has 29 heavy (non-hydrogen) atoms. The molecule has 1 aliphatic heterocycles. The van der Waals surface area contributed by atoms with Crippen LogP contribution in [-0.4, -0.2) is 68.4 Å². The second kappa shape index (κ2) is 10.2. The van der Waals surface area contributed by atoms with Gasteiger partial charge in [0, 0.05) is 43.7 Å². The maximum atomic E-state index is 12.8. The highest BCUT2D eigenvalue weighted by molar-refractivity contribution is 6.09. The van der Waals surface area contributed by atoms with E-state index < -0.39 is 0 Å². The lowest BCUT2D eigenvalue weighted by atomic mass is 10.0. The van der Waals surface area contributed by atoms with Gasteiger partial charge in [-0.15, -0.1) is 0 Å². The van der Waals surface area contributed by atoms with Crippen LogP contribution in [0.2, 0.25) is 0 Å². The summed E-state index contributed by atoms with van der Waals surface area (Å²) < 4.78 is 5.18. The number of carbonyl (C=O) groups is 2. The number of carbonyl (C=O) groups excluding carboxylic acids is 2. The molecule has 0 spiro atoms. The van der Waals surface area contributed by atoms with Crippen LogP contribution in [0.5, 0.6) is 5.75 Å². The lowest BCUT2D eigenvalue weighted by Gasteiger charge is -2.32. The summed E-state index contributed by atoms with van der Waals surface area (Å²) in [7, 11) is 3.70. The number of nitrogens with one attached hydrogen (secondary N) is 1. The molecule has 0 aromatic heterocycles. The van der Waals surface area contributed by atoms with Crippen LogP contribution in [0.25, 0.3) is 0 Å². The summed E-state index contributed by atoms with van der Waals surface area (Å²) in [6, 6.07) is 14.1. The van der Waals surface area contributed by atoms with Gasteiger partial charge in [0.05, 0.1) is 12.8 Å². The van der Waals surface area contributed by atoms with Crippen molar-refractivity contribution in [3.8, 4) is 5.75 Å². The Morgan fingerprint density at radius 2 is 1.79 bits per heavy atom. The molecule has 1 aliphatic rings. The van der Waals surface area contributed by atoms with Crippen LogP contribution in [-0.2, 0) is 0 Å². The fraction of sp³-hybridized carbons (Fsp3) is 0.391. The van der Waals surface area contributed by atoms with E-state index in [1.165, 1.54) is 0 Å². The van der Waals surface area contributed by atoms with Gasteiger partial charge in [-0.05, 0) is 50.3 Å². The number of Topliss-reactive ketones (excluding diaryl/α,β-unsaturated/α-hetero) is 1. The fourth-order valence-electron chi connectivity index (χ4n) is 3.46. The SMILES string of the molecule is COc1cccc(C(=O)Nc2ccccc2C(=O)CCCN2CCN(C)CC2)c1. The number of hydrogen-bond donors (Lipinski definition) is 1. The number of anilines is 1. The van der Waals surface area contributed by atoms with E-state index in [-0.39, 0.29) is 11.7 Å². The minimum atomic E-state index is -0.262. The summed E-state index contributed by atoms with van der Waals surface area (Å²) in [5, 5.41) is 2.87. The Morgan fingerprint density at radius 1 is 1.03 bits per heavy atom. The molecule has 0 unspecified atom stereocenters. The number of ether oxygens (including phenoxy) is 1. The van der Waals surface area contributed by atoms with Gasteiger partial charge in [0.25, 0.3) is 5.91 Å². The maximum absolute atomic E-state index is 12.8. The van der Waals surface area contributed by atoms with Crippen molar-refractivity contribution in [1.29, 1.82) is 0 Å². The summed E-state index contributed by atoms with van der Waals surface area (Å²) in [6.07, 6.45) is 1.29. The summed E-state index contributed by atoms with van der Waals surface area (Å²) in [4.78, 5) is 30.1. The highest BCUT2D eigenvalue weighted by Crippen LogP contribution is 2.20. The first kappa shape index (κ1) is 21.0. The molecule has 0 atom stereocenters. The number of para-hydroxylation sites is 1. The first-order chi connectivity index (χ1) is 14.1. The lowest BCUT2D eigenvalue weighted by Crippen LogP contribution is -2.44. The zero-order valence-electron chi connectivity index (χ0n) is 17.2. The van der Waals surface area contributed by atoms with Crippen LogP contribution in [0.15, 0.2) is 48.5 Å². The van der Waals surface area contributed by atoms with Crippen LogP contribution < -0.4 is 10.1 Å². The monoisotopic (exact) mass is 395 g/mol. The average Bonchev–Trinajstić information content (AvgIpc) is 2.75. The van der Waals surface area contributed by atoms with E-state index in [0.29, 0.717) is 29.0 Å². The molecule has 1 saturated heterocycles. The summed E-state index contributed by atoms with van der Waals surface area (Å²) >= 11 is 0. The number of benzene rings is 2. The number of methoxy groups -OCH3 is 1. The number of ketones is 1. The zero-order chi connectivity index (χ0) is 20.6. The lowest BCUT2D eigenvalue weighted by molar-refractivity contribution is 0.0968. The van der Waals surface area contributed by atoms with Gasteiger partial charge in [0.15, 0.2) is 5.78 Å². The quantitative estimate of drug-likeness (QED) is 0.696. The third kappa shape index (κ3) is 5.89. The predicted octanol–water partition coefficient (Wildman–Crippen LogP) is 3.16. The van der Waals surface area contributed by atoms with Crippen molar-refractivity contribution in [2.75, 3.05) is 52.2 Å². The Balaban J connectivity index is 1.59. The van der Waals surface area contributed by atoms with E-state index in [1.54, 1.807) is 43.5 Å². The Kier molecular flexibility index (Phi) is 7.38. The minimum Gasteiger partial charge on any atom is -0.497 e. The first-order valence-corrected chi connectivity index (χ1v) is 10.1. The highest BCUT2D eigenvalue weighted by atomic mass is 16.5. The Hall–Kier alpha value is -2.70. The molecule has 6 heteroatoms. The maximum Gasteiger partial charge on any atom is 0.255 e. The smallest absolute Gasteiger partial charge is 0.255 e. The van der Waals surface area contributed by atoms with Crippen LogP contribution in [0.1, 0.15) is 33.6 Å². The molecule has 6 nitrogen and oxygen atoms in total. The van der Waals surface area contributed by atoms with Crippen molar-refractivity contribution in [2.24, 2.45) is 0 Å². The number of nitrogens with zero attached hydrogens (tertiary/aromatic N) is 2. The van der Waals surface area contributed by atoms with E-state index in [0.717, 1.165) is 39.1 Å². The van der Waals surface area contributed by atoms with Gasteiger partial charge < -0.3 is 19.9 Å². The number of piperazine rings is 1. The van der Waals surface area contributed by atoms with Crippen LogP contribution in [0.3, 0.4) is 0 Å². The van der Waals surface area contributed by atoms with Gasteiger partial charge in [0.1, 0.15) is 5.75 Å². The molecule has 2 aromatic carbocycles. The van der Waals surface area contributed by atoms with Gasteiger partial charge in [-0.3, -0.25) is 9.59 Å². The van der Waals surface area contributed by atoms with Crippen molar-refractivity contribution < 1.29 is 14.3 Å². The van der Waals surface area contributed by atoms with Crippen LogP contribution in [0, 0.1) is 0 Å². The van der Waals surface area contributed by atoms with Gasteiger partial charge in [-0.2, -0.15) is 0 Å². The Morgan fingerprint density at radius 3 is 2.55 bits per heavy atom. The number of likely N-dealkylation sites (N-methyl/N-ethyl adjacent to an activating group) is 1. The van der Waals surface area contributed by atoms with Gasteiger partial charge >= 0.3 is 0 Å². The summed E-state index contributed by atoms with van der Waals surface area (Å²) in [5.41, 5.74) is 1.59. The molecule has 154 valence electrons. The number of hydrogen-bond acceptors (Lipinski definition) is 5. The van der Waals surface area contributed by atoms with E-state index in [1.807, 2.05) is 12.1 Å². The largest absolute Gasteiger partial charge is 0.497 e. The molecule has 2 aromatic rings. The number of rotatable bonds is 8. The molecule has 1 fully saturated rings. The Labute approximate surface area is 172 Å². The Bertz CT molecular complexity index is 845. The molecule has 1 N–H and O–H groups in total. The number of amides is 1. The summed E-state index contributed by atoms with van der Waals surface area (Å²) in [5.74, 6) is 0.410. The standard InChI is InChI=1S/C23H29N3O3/c1-25-13-15-26(16-14-25)12-6-11-22(27)20-9-3-4-10-21(20)24-23(28)18-7-5-8-19(17-18)29-2/h3-5,7-10,17H,6,11-16H2,1-2H3,(H,24,28). The second-order valence-electron chi connectivity index (χ2n) is 7.40. The van der Waals surface area contributed by atoms with Crippen molar-refractivity contribution in [3.63, 3.8) is 0 Å². The molecule has 3 rings (SSSR count). The predicted molar refractivity (Wildman–Crippen MR) is 115 cm³/mol. The van der Waals surface area contributed by atoms with Gasteiger partial charge in [-0.1, -0.05) is 18.2 Å². The molecular formula is C23H29N3O3. The van der Waals surface area contributed by atoms with Crippen LogP contribution in [0.4, 0.5) is 5.69 Å². The molecular weight excluding hydrogens is 366 g/mol. The fourth-order valence-corrected chi connectivity index (χ4v) is 3.46. The van der Waals surface area contributed by atoms with Gasteiger partial charge in [-0.25, -0.2) is 0 Å². The zero-order valence-corrected chi connectivity index (χ0v) is 17.2.